The van der Waals surface area contributed by atoms with Gasteiger partial charge in [-0.05, 0) is 44.0 Å². The molecule has 6 heteroatoms. The van der Waals surface area contributed by atoms with E-state index in [0.29, 0.717) is 25.2 Å². The summed E-state index contributed by atoms with van der Waals surface area (Å²) >= 11 is 0. The number of H-pyrrole nitrogens is 1. The molecule has 0 bridgehead atoms. The Morgan fingerprint density at radius 1 is 1.03 bits per heavy atom. The number of nitrogens with one attached hydrogen (secondary N) is 1. The van der Waals surface area contributed by atoms with E-state index < -0.39 is 5.60 Å². The van der Waals surface area contributed by atoms with Gasteiger partial charge in [0.05, 0.1) is 11.6 Å². The fraction of sp³-hybridized carbons (Fsp3) is 0.391. The van der Waals surface area contributed by atoms with Gasteiger partial charge in [-0.3, -0.25) is 14.8 Å². The summed E-state index contributed by atoms with van der Waals surface area (Å²) in [5.74, 6) is -0.0678. The zero-order valence-corrected chi connectivity index (χ0v) is 16.4. The van der Waals surface area contributed by atoms with E-state index in [2.05, 4.69) is 15.1 Å². The number of benzene rings is 2. The lowest BCUT2D eigenvalue weighted by Crippen LogP contribution is -2.61. The minimum absolute atomic E-state index is 0.0678. The smallest absolute Gasteiger partial charge is 0.275 e. The molecule has 0 unspecified atom stereocenters. The van der Waals surface area contributed by atoms with Gasteiger partial charge < -0.3 is 10.0 Å². The molecule has 29 heavy (non-hydrogen) atoms. The summed E-state index contributed by atoms with van der Waals surface area (Å²) in [6, 6.07) is 17.5. The van der Waals surface area contributed by atoms with Crippen LogP contribution in [0.3, 0.4) is 0 Å². The van der Waals surface area contributed by atoms with E-state index in [9.17, 15) is 9.90 Å². The maximum absolute atomic E-state index is 13.3. The lowest BCUT2D eigenvalue weighted by molar-refractivity contribution is -0.0878. The number of nitrogens with zero attached hydrogens (tertiary/aromatic N) is 3. The number of rotatable bonds is 3. The Morgan fingerprint density at radius 3 is 2.55 bits per heavy atom. The second kappa shape index (κ2) is 7.28. The van der Waals surface area contributed by atoms with Gasteiger partial charge in [-0.15, -0.1) is 0 Å². The van der Waals surface area contributed by atoms with Crippen molar-refractivity contribution in [2.75, 3.05) is 26.2 Å². The number of aliphatic hydroxyl groups is 1. The number of amides is 1. The van der Waals surface area contributed by atoms with Crippen molar-refractivity contribution in [1.29, 1.82) is 0 Å². The highest BCUT2D eigenvalue weighted by Crippen LogP contribution is 2.37. The summed E-state index contributed by atoms with van der Waals surface area (Å²) in [6.07, 6.45) is 2.80. The van der Waals surface area contributed by atoms with Gasteiger partial charge in [-0.2, -0.15) is 5.10 Å². The Kier molecular flexibility index (Phi) is 4.60. The monoisotopic (exact) mass is 390 g/mol. The van der Waals surface area contributed by atoms with E-state index in [0.717, 1.165) is 42.4 Å². The molecule has 0 saturated carbocycles. The van der Waals surface area contributed by atoms with Crippen molar-refractivity contribution < 1.29 is 9.90 Å². The van der Waals surface area contributed by atoms with Crippen molar-refractivity contribution in [2.24, 2.45) is 0 Å². The number of para-hydroxylation sites is 1. The SMILES string of the molecule is O=C(c1n[nH]c2ccccc12)N1CC[C@](O)(c2ccccc2)[C@H](N2CCCC2)C1. The maximum atomic E-state index is 13.3. The summed E-state index contributed by atoms with van der Waals surface area (Å²) < 4.78 is 0. The van der Waals surface area contributed by atoms with Crippen LogP contribution in [0.5, 0.6) is 0 Å². The van der Waals surface area contributed by atoms with Gasteiger partial charge in [-0.25, -0.2) is 0 Å². The third-order valence-corrected chi connectivity index (χ3v) is 6.52. The van der Waals surface area contributed by atoms with Crippen molar-refractivity contribution in [1.82, 2.24) is 20.0 Å². The highest BCUT2D eigenvalue weighted by Gasteiger charge is 2.47. The molecule has 3 aromatic rings. The number of piperidine rings is 1. The number of hydrogen-bond acceptors (Lipinski definition) is 4. The van der Waals surface area contributed by atoms with Crippen molar-refractivity contribution in [3.05, 3.63) is 65.9 Å². The van der Waals surface area contributed by atoms with Crippen molar-refractivity contribution in [3.63, 3.8) is 0 Å². The minimum atomic E-state index is -0.948. The predicted molar refractivity (Wildman–Crippen MR) is 112 cm³/mol. The highest BCUT2D eigenvalue weighted by atomic mass is 16.3. The van der Waals surface area contributed by atoms with Crippen LogP contribution >= 0.6 is 0 Å². The molecular formula is C23H26N4O2. The van der Waals surface area contributed by atoms with Gasteiger partial charge >= 0.3 is 0 Å². The van der Waals surface area contributed by atoms with Gasteiger partial charge in [-0.1, -0.05) is 48.5 Å². The van der Waals surface area contributed by atoms with Crippen molar-refractivity contribution >= 4 is 16.8 Å². The lowest BCUT2D eigenvalue weighted by atomic mass is 9.79. The van der Waals surface area contributed by atoms with Gasteiger partial charge in [0, 0.05) is 18.5 Å². The van der Waals surface area contributed by atoms with E-state index in [1.165, 1.54) is 0 Å². The summed E-state index contributed by atoms with van der Waals surface area (Å²) in [7, 11) is 0. The lowest BCUT2D eigenvalue weighted by Gasteiger charge is -2.48. The maximum Gasteiger partial charge on any atom is 0.275 e. The zero-order chi connectivity index (χ0) is 19.8. The van der Waals surface area contributed by atoms with E-state index >= 15 is 0 Å². The summed E-state index contributed by atoms with van der Waals surface area (Å²) in [5, 5.41) is 19.9. The summed E-state index contributed by atoms with van der Waals surface area (Å²) in [6.45, 7) is 2.95. The largest absolute Gasteiger partial charge is 0.383 e. The van der Waals surface area contributed by atoms with Crippen LogP contribution < -0.4 is 0 Å². The Morgan fingerprint density at radius 2 is 1.76 bits per heavy atom. The Labute approximate surface area is 170 Å². The van der Waals surface area contributed by atoms with Crippen LogP contribution in [0.15, 0.2) is 54.6 Å². The second-order valence-corrected chi connectivity index (χ2v) is 8.17. The van der Waals surface area contributed by atoms with Crippen LogP contribution in [0.2, 0.25) is 0 Å². The molecule has 6 nitrogen and oxygen atoms in total. The van der Waals surface area contributed by atoms with Crippen molar-refractivity contribution in [3.8, 4) is 0 Å². The second-order valence-electron chi connectivity index (χ2n) is 8.17. The summed E-state index contributed by atoms with van der Waals surface area (Å²) in [4.78, 5) is 17.5. The molecule has 2 atom stereocenters. The normalized spacial score (nSPS) is 25.6. The number of likely N-dealkylation sites (tertiary alicyclic amines) is 2. The molecule has 0 spiro atoms. The van der Waals surface area contributed by atoms with Gasteiger partial charge in [0.2, 0.25) is 0 Å². The quantitative estimate of drug-likeness (QED) is 0.721. The molecule has 0 aliphatic carbocycles. The number of hydrogen-bond donors (Lipinski definition) is 2. The molecule has 2 aliphatic heterocycles. The Balaban J connectivity index is 1.46. The van der Waals surface area contributed by atoms with E-state index in [-0.39, 0.29) is 11.9 Å². The van der Waals surface area contributed by atoms with Crippen LogP contribution in [-0.4, -0.2) is 63.2 Å². The first-order valence-electron chi connectivity index (χ1n) is 10.4. The number of carbonyl (C=O) groups excluding carboxylic acids is 1. The number of carbonyl (C=O) groups is 1. The topological polar surface area (TPSA) is 72.5 Å². The standard InChI is InChI=1S/C23H26N4O2/c28-22(21-18-10-4-5-11-19(18)24-25-21)27-15-12-23(29,17-8-2-1-3-9-17)20(16-27)26-13-6-7-14-26/h1-5,8-11,20,29H,6-7,12-16H2,(H,24,25)/t20-,23+/m1/s1. The average molecular weight is 390 g/mol. The van der Waals surface area contributed by atoms with E-state index in [4.69, 9.17) is 0 Å². The third-order valence-electron chi connectivity index (χ3n) is 6.52. The minimum Gasteiger partial charge on any atom is -0.383 e. The van der Waals surface area contributed by atoms with E-state index in [1.54, 1.807) is 0 Å². The molecule has 2 N–H and O–H groups in total. The molecule has 2 aromatic carbocycles. The number of aromatic amines is 1. The molecule has 5 rings (SSSR count). The van der Waals surface area contributed by atoms with Crippen LogP contribution in [0.4, 0.5) is 0 Å². The summed E-state index contributed by atoms with van der Waals surface area (Å²) in [5.41, 5.74) is 1.32. The molecule has 1 amide bonds. The zero-order valence-electron chi connectivity index (χ0n) is 16.4. The Hall–Kier alpha value is -2.70. The molecule has 2 aliphatic rings. The molecular weight excluding hydrogens is 364 g/mol. The fourth-order valence-corrected chi connectivity index (χ4v) is 4.92. The number of aromatic nitrogens is 2. The first-order chi connectivity index (χ1) is 14.2. The predicted octanol–water partition coefficient (Wildman–Crippen LogP) is 2.76. The van der Waals surface area contributed by atoms with Crippen molar-refractivity contribution in [2.45, 2.75) is 30.9 Å². The van der Waals surface area contributed by atoms with E-state index in [1.807, 2.05) is 59.5 Å². The van der Waals surface area contributed by atoms with Crippen LogP contribution in [-0.2, 0) is 5.60 Å². The van der Waals surface area contributed by atoms with Crippen LogP contribution in [0.1, 0.15) is 35.3 Å². The average Bonchev–Trinajstić information content (AvgIpc) is 3.44. The number of fused-ring (bicyclic) bond motifs is 1. The molecule has 1 aromatic heterocycles. The first-order valence-corrected chi connectivity index (χ1v) is 10.4. The molecule has 0 radical (unpaired) electrons. The molecule has 2 fully saturated rings. The van der Waals surface area contributed by atoms with Crippen LogP contribution in [0, 0.1) is 0 Å². The van der Waals surface area contributed by atoms with Crippen LogP contribution in [0.25, 0.3) is 10.9 Å². The van der Waals surface area contributed by atoms with Gasteiger partial charge in [0.25, 0.3) is 5.91 Å². The Bertz CT molecular complexity index is 1010. The molecule has 150 valence electrons. The molecule has 2 saturated heterocycles. The highest BCUT2D eigenvalue weighted by molar-refractivity contribution is 6.04. The third kappa shape index (κ3) is 3.12. The van der Waals surface area contributed by atoms with Gasteiger partial charge in [0.1, 0.15) is 5.60 Å². The van der Waals surface area contributed by atoms with Gasteiger partial charge in [0.15, 0.2) is 5.69 Å². The molecule has 3 heterocycles. The fourth-order valence-electron chi connectivity index (χ4n) is 4.92. The first kappa shape index (κ1) is 18.3.